The van der Waals surface area contributed by atoms with Gasteiger partial charge < -0.3 is 14.6 Å². The van der Waals surface area contributed by atoms with Crippen molar-refractivity contribution in [1.82, 2.24) is 24.3 Å². The molecule has 0 radical (unpaired) electrons. The number of imidazole rings is 1. The van der Waals surface area contributed by atoms with Gasteiger partial charge in [-0.05, 0) is 6.07 Å². The van der Waals surface area contributed by atoms with Crippen molar-refractivity contribution in [2.75, 3.05) is 19.0 Å². The number of methoxy groups -OCH3 is 1. The van der Waals surface area contributed by atoms with Crippen molar-refractivity contribution in [3.05, 3.63) is 31.0 Å². The van der Waals surface area contributed by atoms with Crippen molar-refractivity contribution < 1.29 is 4.74 Å². The molecule has 0 atom stereocenters. The number of ether oxygens (including phenoxy) is 1. The molecule has 0 amide bonds. The lowest BCUT2D eigenvalue weighted by atomic mass is 10.3. The number of anilines is 2. The predicted octanol–water partition coefficient (Wildman–Crippen LogP) is 1.55. The van der Waals surface area contributed by atoms with E-state index in [0.29, 0.717) is 6.61 Å². The van der Waals surface area contributed by atoms with Gasteiger partial charge in [0.15, 0.2) is 5.82 Å². The van der Waals surface area contributed by atoms with Crippen LogP contribution in [0.4, 0.5) is 11.5 Å². The van der Waals surface area contributed by atoms with Crippen molar-refractivity contribution in [1.29, 1.82) is 0 Å². The average Bonchev–Trinajstić information content (AvgIpc) is 3.05. The largest absolute Gasteiger partial charge is 0.383 e. The number of aromatic nitrogens is 5. The van der Waals surface area contributed by atoms with Crippen LogP contribution in [0.3, 0.4) is 0 Å². The highest BCUT2D eigenvalue weighted by Gasteiger charge is 2.08. The Balaban J connectivity index is 1.84. The minimum Gasteiger partial charge on any atom is -0.383 e. The van der Waals surface area contributed by atoms with Gasteiger partial charge in [-0.15, -0.1) is 0 Å². The number of rotatable bonds is 5. The molecule has 0 fully saturated rings. The summed E-state index contributed by atoms with van der Waals surface area (Å²) in [5.74, 6) is 0.731. The molecule has 0 spiro atoms. The molecule has 0 aliphatic carbocycles. The van der Waals surface area contributed by atoms with E-state index in [4.69, 9.17) is 4.74 Å². The average molecular weight is 272 g/mol. The van der Waals surface area contributed by atoms with Gasteiger partial charge in [-0.3, -0.25) is 4.68 Å². The van der Waals surface area contributed by atoms with Crippen LogP contribution in [-0.2, 0) is 18.3 Å². The summed E-state index contributed by atoms with van der Waals surface area (Å²) in [5.41, 5.74) is 2.76. The van der Waals surface area contributed by atoms with Crippen molar-refractivity contribution >= 4 is 22.5 Å². The maximum Gasteiger partial charge on any atom is 0.158 e. The molecule has 1 N–H and O–H groups in total. The molecule has 104 valence electrons. The summed E-state index contributed by atoms with van der Waals surface area (Å²) < 4.78 is 8.81. The third-order valence-electron chi connectivity index (χ3n) is 3.06. The van der Waals surface area contributed by atoms with Gasteiger partial charge in [-0.25, -0.2) is 9.97 Å². The summed E-state index contributed by atoms with van der Waals surface area (Å²) in [5, 5.41) is 7.50. The molecular weight excluding hydrogens is 256 g/mol. The lowest BCUT2D eigenvalue weighted by Crippen LogP contribution is -2.04. The van der Waals surface area contributed by atoms with Gasteiger partial charge in [0.05, 0.1) is 36.9 Å². The van der Waals surface area contributed by atoms with Crippen LogP contribution in [0.25, 0.3) is 11.0 Å². The molecule has 0 aliphatic rings. The highest BCUT2D eigenvalue weighted by atomic mass is 16.5. The number of fused-ring (bicyclic) bond motifs is 1. The molecule has 3 aromatic rings. The Hall–Kier alpha value is -2.41. The standard InChI is InChI=1S/C13H16N6O/c1-18-9-15-12-11(18)3-4-14-13(12)17-10-7-16-19(8-10)5-6-20-2/h3-4,7-9H,5-6H2,1-2H3,(H,14,17). The summed E-state index contributed by atoms with van der Waals surface area (Å²) >= 11 is 0. The molecule has 3 aromatic heterocycles. The number of hydrogen-bond donors (Lipinski definition) is 1. The van der Waals surface area contributed by atoms with Gasteiger partial charge in [0, 0.05) is 26.6 Å². The van der Waals surface area contributed by atoms with Gasteiger partial charge in [-0.2, -0.15) is 5.10 Å². The first-order valence-corrected chi connectivity index (χ1v) is 6.32. The number of nitrogens with one attached hydrogen (secondary N) is 1. The third-order valence-corrected chi connectivity index (χ3v) is 3.06. The number of pyridine rings is 1. The van der Waals surface area contributed by atoms with Crippen molar-refractivity contribution in [3.63, 3.8) is 0 Å². The Labute approximate surface area is 116 Å². The molecule has 3 heterocycles. The summed E-state index contributed by atoms with van der Waals surface area (Å²) in [6.07, 6.45) is 7.23. The first-order chi connectivity index (χ1) is 9.78. The van der Waals surface area contributed by atoms with E-state index in [0.717, 1.165) is 29.1 Å². The van der Waals surface area contributed by atoms with E-state index in [9.17, 15) is 0 Å². The lowest BCUT2D eigenvalue weighted by molar-refractivity contribution is 0.183. The maximum atomic E-state index is 5.03. The fraction of sp³-hybridized carbons (Fsp3) is 0.308. The topological polar surface area (TPSA) is 69.8 Å². The molecule has 0 saturated carbocycles. The molecule has 0 aliphatic heterocycles. The van der Waals surface area contributed by atoms with E-state index < -0.39 is 0 Å². The summed E-state index contributed by atoms with van der Waals surface area (Å²) in [4.78, 5) is 8.70. The molecular formula is C13H16N6O. The van der Waals surface area contributed by atoms with E-state index in [-0.39, 0.29) is 0 Å². The van der Waals surface area contributed by atoms with E-state index >= 15 is 0 Å². The molecule has 0 bridgehead atoms. The minimum absolute atomic E-state index is 0.634. The molecule has 20 heavy (non-hydrogen) atoms. The second-order valence-corrected chi connectivity index (χ2v) is 4.49. The van der Waals surface area contributed by atoms with Crippen LogP contribution in [0.5, 0.6) is 0 Å². The zero-order valence-corrected chi connectivity index (χ0v) is 11.4. The van der Waals surface area contributed by atoms with Crippen LogP contribution >= 0.6 is 0 Å². The summed E-state index contributed by atoms with van der Waals surface area (Å²) in [6.45, 7) is 1.36. The van der Waals surface area contributed by atoms with E-state index in [1.807, 2.05) is 28.6 Å². The zero-order chi connectivity index (χ0) is 13.9. The maximum absolute atomic E-state index is 5.03. The van der Waals surface area contributed by atoms with Crippen molar-refractivity contribution in [3.8, 4) is 0 Å². The molecule has 7 heteroatoms. The molecule has 0 unspecified atom stereocenters. The molecule has 0 aromatic carbocycles. The summed E-state index contributed by atoms with van der Waals surface area (Å²) in [7, 11) is 3.64. The van der Waals surface area contributed by atoms with Crippen LogP contribution in [0.15, 0.2) is 31.0 Å². The Kier molecular flexibility index (Phi) is 3.34. The molecule has 0 saturated heterocycles. The van der Waals surface area contributed by atoms with E-state index in [1.54, 1.807) is 25.8 Å². The second kappa shape index (κ2) is 5.30. The Morgan fingerprint density at radius 1 is 1.35 bits per heavy atom. The fourth-order valence-electron chi connectivity index (χ4n) is 2.03. The van der Waals surface area contributed by atoms with Crippen molar-refractivity contribution in [2.45, 2.75) is 6.54 Å². The highest BCUT2D eigenvalue weighted by molar-refractivity contribution is 5.87. The van der Waals surface area contributed by atoms with Gasteiger partial charge >= 0.3 is 0 Å². The van der Waals surface area contributed by atoms with Gasteiger partial charge in [0.2, 0.25) is 0 Å². The number of hydrogen-bond acceptors (Lipinski definition) is 5. The molecule has 3 rings (SSSR count). The smallest absolute Gasteiger partial charge is 0.158 e. The van der Waals surface area contributed by atoms with Crippen LogP contribution in [0, 0.1) is 0 Å². The zero-order valence-electron chi connectivity index (χ0n) is 11.4. The van der Waals surface area contributed by atoms with Crippen LogP contribution in [-0.4, -0.2) is 38.0 Å². The Bertz CT molecular complexity index is 717. The fourth-order valence-corrected chi connectivity index (χ4v) is 2.03. The Morgan fingerprint density at radius 2 is 2.25 bits per heavy atom. The van der Waals surface area contributed by atoms with E-state index in [1.165, 1.54) is 0 Å². The minimum atomic E-state index is 0.634. The normalized spacial score (nSPS) is 11.1. The highest BCUT2D eigenvalue weighted by Crippen LogP contribution is 2.22. The Morgan fingerprint density at radius 3 is 3.10 bits per heavy atom. The van der Waals surface area contributed by atoms with Gasteiger partial charge in [-0.1, -0.05) is 0 Å². The second-order valence-electron chi connectivity index (χ2n) is 4.49. The van der Waals surface area contributed by atoms with Crippen LogP contribution in [0.2, 0.25) is 0 Å². The summed E-state index contributed by atoms with van der Waals surface area (Å²) in [6, 6.07) is 1.94. The quantitative estimate of drug-likeness (QED) is 0.763. The van der Waals surface area contributed by atoms with Crippen LogP contribution in [0.1, 0.15) is 0 Å². The van der Waals surface area contributed by atoms with Crippen LogP contribution < -0.4 is 5.32 Å². The monoisotopic (exact) mass is 272 g/mol. The number of aryl methyl sites for hydroxylation is 1. The first kappa shape index (κ1) is 12.6. The SMILES string of the molecule is COCCn1cc(Nc2nccc3c2ncn3C)cn1. The number of nitrogens with zero attached hydrogens (tertiary/aromatic N) is 5. The third kappa shape index (κ3) is 2.35. The first-order valence-electron chi connectivity index (χ1n) is 6.32. The van der Waals surface area contributed by atoms with Gasteiger partial charge in [0.25, 0.3) is 0 Å². The van der Waals surface area contributed by atoms with Gasteiger partial charge in [0.1, 0.15) is 5.52 Å². The van der Waals surface area contributed by atoms with Crippen molar-refractivity contribution in [2.24, 2.45) is 7.05 Å². The van der Waals surface area contributed by atoms with E-state index in [2.05, 4.69) is 20.4 Å². The predicted molar refractivity (Wildman–Crippen MR) is 75.9 cm³/mol. The molecule has 7 nitrogen and oxygen atoms in total. The lowest BCUT2D eigenvalue weighted by Gasteiger charge is -2.03.